The minimum absolute atomic E-state index is 0.239. The van der Waals surface area contributed by atoms with Gasteiger partial charge in [-0.3, -0.25) is 14.6 Å². The maximum Gasteiger partial charge on any atom is 0.308 e. The molecule has 1 unspecified atom stereocenters. The summed E-state index contributed by atoms with van der Waals surface area (Å²) in [4.78, 5) is 33.6. The van der Waals surface area contributed by atoms with Crippen molar-refractivity contribution in [3.63, 3.8) is 0 Å². The number of aromatic nitrogens is 2. The summed E-state index contributed by atoms with van der Waals surface area (Å²) >= 11 is 0. The zero-order valence-electron chi connectivity index (χ0n) is 11.4. The first kappa shape index (κ1) is 13.5. The van der Waals surface area contributed by atoms with Crippen molar-refractivity contribution in [2.75, 3.05) is 13.1 Å². The van der Waals surface area contributed by atoms with E-state index in [0.717, 1.165) is 5.52 Å². The van der Waals surface area contributed by atoms with Gasteiger partial charge >= 0.3 is 5.97 Å². The molecule has 0 bridgehead atoms. The molecule has 1 N–H and O–H groups in total. The summed E-state index contributed by atoms with van der Waals surface area (Å²) in [5.74, 6) is -1.59. The van der Waals surface area contributed by atoms with Gasteiger partial charge in [0.2, 0.25) is 0 Å². The summed E-state index contributed by atoms with van der Waals surface area (Å²) in [7, 11) is 0. The molecule has 108 valence electrons. The maximum absolute atomic E-state index is 12.4. The first-order valence-corrected chi connectivity index (χ1v) is 6.89. The Morgan fingerprint density at radius 1 is 1.24 bits per heavy atom. The molecule has 1 aliphatic rings. The highest BCUT2D eigenvalue weighted by molar-refractivity contribution is 5.94. The van der Waals surface area contributed by atoms with Crippen LogP contribution in [0.15, 0.2) is 30.5 Å². The first-order chi connectivity index (χ1) is 10.1. The summed E-state index contributed by atoms with van der Waals surface area (Å²) < 4.78 is 0. The fourth-order valence-corrected chi connectivity index (χ4v) is 2.59. The summed E-state index contributed by atoms with van der Waals surface area (Å²) in [5.41, 5.74) is 1.66. The molecule has 1 amide bonds. The third kappa shape index (κ3) is 2.69. The van der Waals surface area contributed by atoms with E-state index in [4.69, 9.17) is 5.11 Å². The van der Waals surface area contributed by atoms with Gasteiger partial charge in [-0.05, 0) is 25.0 Å². The number of hydrogen-bond acceptors (Lipinski definition) is 4. The summed E-state index contributed by atoms with van der Waals surface area (Å²) in [6.07, 6.45) is 2.77. The van der Waals surface area contributed by atoms with Crippen molar-refractivity contribution in [3.05, 3.63) is 36.2 Å². The second-order valence-electron chi connectivity index (χ2n) is 5.17. The van der Waals surface area contributed by atoms with Crippen LogP contribution in [0.2, 0.25) is 0 Å². The Balaban J connectivity index is 1.84. The molecule has 1 aromatic heterocycles. The van der Waals surface area contributed by atoms with Crippen molar-refractivity contribution in [1.82, 2.24) is 14.9 Å². The lowest BCUT2D eigenvalue weighted by molar-refractivity contribution is -0.143. The fraction of sp³-hybridized carbons (Fsp3) is 0.333. The molecule has 0 saturated carbocycles. The van der Waals surface area contributed by atoms with Crippen LogP contribution in [-0.4, -0.2) is 44.9 Å². The highest BCUT2D eigenvalue weighted by Gasteiger charge is 2.29. The number of piperidine rings is 1. The van der Waals surface area contributed by atoms with E-state index in [0.29, 0.717) is 24.9 Å². The second-order valence-corrected chi connectivity index (χ2v) is 5.17. The van der Waals surface area contributed by atoms with Crippen LogP contribution in [0.25, 0.3) is 11.0 Å². The Morgan fingerprint density at radius 3 is 2.76 bits per heavy atom. The molecule has 1 atom stereocenters. The van der Waals surface area contributed by atoms with E-state index in [-0.39, 0.29) is 18.1 Å². The van der Waals surface area contributed by atoms with E-state index in [1.807, 2.05) is 18.2 Å². The molecule has 6 nitrogen and oxygen atoms in total. The van der Waals surface area contributed by atoms with Crippen molar-refractivity contribution in [2.45, 2.75) is 12.8 Å². The summed E-state index contributed by atoms with van der Waals surface area (Å²) in [6.45, 7) is 0.805. The van der Waals surface area contributed by atoms with Crippen LogP contribution in [0.3, 0.4) is 0 Å². The molecule has 1 aromatic carbocycles. The molecule has 6 heteroatoms. The van der Waals surface area contributed by atoms with E-state index in [1.54, 1.807) is 11.0 Å². The number of nitrogens with zero attached hydrogens (tertiary/aromatic N) is 3. The lowest BCUT2D eigenvalue weighted by atomic mass is 9.98. The Hall–Kier alpha value is -2.50. The highest BCUT2D eigenvalue weighted by atomic mass is 16.4. The Kier molecular flexibility index (Phi) is 3.51. The lowest BCUT2D eigenvalue weighted by Crippen LogP contribution is -2.42. The number of fused-ring (bicyclic) bond motifs is 1. The van der Waals surface area contributed by atoms with E-state index in [9.17, 15) is 9.59 Å². The van der Waals surface area contributed by atoms with Gasteiger partial charge in [-0.2, -0.15) is 0 Å². The van der Waals surface area contributed by atoms with Crippen LogP contribution in [0, 0.1) is 5.92 Å². The second kappa shape index (κ2) is 5.47. The molecular weight excluding hydrogens is 270 g/mol. The average Bonchev–Trinajstić information content (AvgIpc) is 2.53. The monoisotopic (exact) mass is 285 g/mol. The third-order valence-corrected chi connectivity index (χ3v) is 3.73. The van der Waals surface area contributed by atoms with Crippen LogP contribution < -0.4 is 0 Å². The third-order valence-electron chi connectivity index (χ3n) is 3.73. The molecule has 1 fully saturated rings. The number of carboxylic acid groups (broad SMARTS) is 1. The van der Waals surface area contributed by atoms with Gasteiger partial charge in [0.05, 0.1) is 23.1 Å². The summed E-state index contributed by atoms with van der Waals surface area (Å²) in [5, 5.41) is 9.08. The van der Waals surface area contributed by atoms with Crippen LogP contribution in [-0.2, 0) is 4.79 Å². The smallest absolute Gasteiger partial charge is 0.308 e. The van der Waals surface area contributed by atoms with Crippen LogP contribution in [0.1, 0.15) is 23.3 Å². The van der Waals surface area contributed by atoms with Gasteiger partial charge in [0.15, 0.2) is 0 Å². The van der Waals surface area contributed by atoms with E-state index >= 15 is 0 Å². The molecule has 2 heterocycles. The molecule has 0 aliphatic carbocycles. The van der Waals surface area contributed by atoms with Crippen molar-refractivity contribution < 1.29 is 14.7 Å². The number of para-hydroxylation sites is 2. The van der Waals surface area contributed by atoms with Gasteiger partial charge in [-0.25, -0.2) is 4.98 Å². The van der Waals surface area contributed by atoms with Gasteiger partial charge in [-0.15, -0.1) is 0 Å². The number of aliphatic carboxylic acids is 1. The standard InChI is InChI=1S/C15H15N3O3/c19-14(18-7-3-4-10(9-18)15(20)21)13-8-16-11-5-1-2-6-12(11)17-13/h1-2,5-6,8,10H,3-4,7,9H2,(H,20,21). The Bertz CT molecular complexity index is 701. The zero-order valence-corrected chi connectivity index (χ0v) is 11.4. The number of likely N-dealkylation sites (tertiary alicyclic amines) is 1. The molecule has 21 heavy (non-hydrogen) atoms. The van der Waals surface area contributed by atoms with Crippen molar-refractivity contribution >= 4 is 22.9 Å². The number of carbonyl (C=O) groups excluding carboxylic acids is 1. The van der Waals surface area contributed by atoms with Crippen LogP contribution in [0.4, 0.5) is 0 Å². The zero-order chi connectivity index (χ0) is 14.8. The molecule has 3 rings (SSSR count). The van der Waals surface area contributed by atoms with Gasteiger partial charge in [-0.1, -0.05) is 12.1 Å². The molecule has 1 saturated heterocycles. The largest absolute Gasteiger partial charge is 0.481 e. The molecular formula is C15H15N3O3. The van der Waals surface area contributed by atoms with Gasteiger partial charge in [0, 0.05) is 13.1 Å². The molecule has 0 spiro atoms. The van der Waals surface area contributed by atoms with E-state index in [1.165, 1.54) is 6.20 Å². The van der Waals surface area contributed by atoms with Crippen molar-refractivity contribution in [3.8, 4) is 0 Å². The minimum atomic E-state index is -0.850. The number of benzene rings is 1. The van der Waals surface area contributed by atoms with Crippen LogP contribution in [0.5, 0.6) is 0 Å². The quantitative estimate of drug-likeness (QED) is 0.905. The fourth-order valence-electron chi connectivity index (χ4n) is 2.59. The topological polar surface area (TPSA) is 83.4 Å². The minimum Gasteiger partial charge on any atom is -0.481 e. The predicted octanol–water partition coefficient (Wildman–Crippen LogP) is 1.57. The van der Waals surface area contributed by atoms with Gasteiger partial charge < -0.3 is 10.0 Å². The van der Waals surface area contributed by atoms with Gasteiger partial charge in [0.25, 0.3) is 5.91 Å². The van der Waals surface area contributed by atoms with E-state index in [2.05, 4.69) is 9.97 Å². The maximum atomic E-state index is 12.4. The highest BCUT2D eigenvalue weighted by Crippen LogP contribution is 2.19. The first-order valence-electron chi connectivity index (χ1n) is 6.89. The Labute approximate surface area is 121 Å². The van der Waals surface area contributed by atoms with Crippen molar-refractivity contribution in [1.29, 1.82) is 0 Å². The number of rotatable bonds is 2. The molecule has 1 aliphatic heterocycles. The van der Waals surface area contributed by atoms with Crippen molar-refractivity contribution in [2.24, 2.45) is 5.92 Å². The predicted molar refractivity (Wildman–Crippen MR) is 75.8 cm³/mol. The van der Waals surface area contributed by atoms with E-state index < -0.39 is 11.9 Å². The average molecular weight is 285 g/mol. The molecule has 2 aromatic rings. The Morgan fingerprint density at radius 2 is 2.00 bits per heavy atom. The van der Waals surface area contributed by atoms with Crippen LogP contribution >= 0.6 is 0 Å². The number of carboxylic acids is 1. The lowest BCUT2D eigenvalue weighted by Gasteiger charge is -2.30. The number of amides is 1. The number of hydrogen-bond donors (Lipinski definition) is 1. The molecule has 0 radical (unpaired) electrons. The SMILES string of the molecule is O=C(O)C1CCCN(C(=O)c2cnc3ccccc3n2)C1. The summed E-state index contributed by atoms with van der Waals surface area (Å²) in [6, 6.07) is 7.33. The normalized spacial score (nSPS) is 18.7. The van der Waals surface area contributed by atoms with Gasteiger partial charge in [0.1, 0.15) is 5.69 Å². The number of carbonyl (C=O) groups is 2.